The zero-order valence-corrected chi connectivity index (χ0v) is 13.7. The van der Waals surface area contributed by atoms with Gasteiger partial charge in [-0.2, -0.15) is 13.2 Å². The molecule has 8 heteroatoms. The molecule has 0 radical (unpaired) electrons. The van der Waals surface area contributed by atoms with Crippen LogP contribution in [0.2, 0.25) is 0 Å². The van der Waals surface area contributed by atoms with Gasteiger partial charge in [0.05, 0.1) is 6.61 Å². The van der Waals surface area contributed by atoms with Crippen LogP contribution in [0.15, 0.2) is 48.0 Å². The van der Waals surface area contributed by atoms with Crippen LogP contribution < -0.4 is 5.73 Å². The normalized spacial score (nSPS) is 27.0. The van der Waals surface area contributed by atoms with Crippen LogP contribution in [-0.4, -0.2) is 34.2 Å². The Hall–Kier alpha value is -2.48. The van der Waals surface area contributed by atoms with Crippen LogP contribution in [-0.2, 0) is 10.3 Å². The fourth-order valence-electron chi connectivity index (χ4n) is 2.62. The van der Waals surface area contributed by atoms with Gasteiger partial charge in [0, 0.05) is 18.0 Å². The molecule has 132 valence electrons. The zero-order valence-electron chi connectivity index (χ0n) is 13.7. The zero-order chi connectivity index (χ0) is 18.3. The monoisotopic (exact) mass is 350 g/mol. The lowest BCUT2D eigenvalue weighted by atomic mass is 9.88. The predicted molar refractivity (Wildman–Crippen MR) is 86.9 cm³/mol. The predicted octanol–water partition coefficient (Wildman–Crippen LogP) is 3.07. The van der Waals surface area contributed by atoms with Crippen molar-refractivity contribution in [3.63, 3.8) is 0 Å². The van der Waals surface area contributed by atoms with Gasteiger partial charge < -0.3 is 10.5 Å². The highest BCUT2D eigenvalue weighted by Gasteiger charge is 2.58. The lowest BCUT2D eigenvalue weighted by Crippen LogP contribution is -2.60. The van der Waals surface area contributed by atoms with Crippen LogP contribution in [0, 0.1) is 0 Å². The van der Waals surface area contributed by atoms with Gasteiger partial charge in [0.2, 0.25) is 5.60 Å². The molecular formula is C17H17F3N4O. The van der Waals surface area contributed by atoms with Crippen molar-refractivity contribution in [1.82, 2.24) is 9.97 Å². The summed E-state index contributed by atoms with van der Waals surface area (Å²) in [4.78, 5) is 12.1. The number of ether oxygens (including phenoxy) is 1. The van der Waals surface area contributed by atoms with E-state index in [2.05, 4.69) is 15.0 Å². The van der Waals surface area contributed by atoms with E-state index in [4.69, 9.17) is 10.5 Å². The number of nitrogens with two attached hydrogens (primary N) is 1. The standard InChI is InChI=1S/C17H17F3N4O/c1-15(9-25-16(2,14(21)24-15)17(18,19)20)13-5-3-4-11(6-13)12-7-22-10-23-8-12/h3-8,10H,9H2,1-2H3,(H2,21,24)/t15-,16+/m1/s1. The van der Waals surface area contributed by atoms with Crippen molar-refractivity contribution in [2.45, 2.75) is 31.2 Å². The van der Waals surface area contributed by atoms with Gasteiger partial charge in [-0.05, 0) is 31.0 Å². The molecule has 0 fully saturated rings. The molecule has 5 nitrogen and oxygen atoms in total. The number of halogens is 3. The van der Waals surface area contributed by atoms with E-state index in [1.165, 1.54) is 6.33 Å². The first kappa shape index (κ1) is 17.3. The maximum atomic E-state index is 13.2. The van der Waals surface area contributed by atoms with Crippen LogP contribution in [0.4, 0.5) is 13.2 Å². The summed E-state index contributed by atoms with van der Waals surface area (Å²) in [5, 5.41) is 0. The molecule has 2 heterocycles. The summed E-state index contributed by atoms with van der Waals surface area (Å²) in [6.07, 6.45) is 0.103. The summed E-state index contributed by atoms with van der Waals surface area (Å²) in [7, 11) is 0. The number of aliphatic imine (C=N–C) groups is 1. The van der Waals surface area contributed by atoms with Crippen molar-refractivity contribution in [3.8, 4) is 11.1 Å². The second-order valence-corrected chi connectivity index (χ2v) is 6.30. The third kappa shape index (κ3) is 2.97. The lowest BCUT2D eigenvalue weighted by Gasteiger charge is -2.41. The van der Waals surface area contributed by atoms with E-state index in [9.17, 15) is 13.2 Å². The molecule has 2 aromatic rings. The minimum atomic E-state index is -4.63. The SMILES string of the molecule is C[C@]1(c2cccc(-c3cncnc3)c2)CO[C@](C)(C(F)(F)F)C(N)=N1. The summed E-state index contributed by atoms with van der Waals surface area (Å²) < 4.78 is 44.8. The van der Waals surface area contributed by atoms with E-state index >= 15 is 0 Å². The molecule has 25 heavy (non-hydrogen) atoms. The molecule has 1 aliphatic rings. The molecule has 2 N–H and O–H groups in total. The number of hydrogen-bond acceptors (Lipinski definition) is 5. The van der Waals surface area contributed by atoms with E-state index in [-0.39, 0.29) is 6.61 Å². The van der Waals surface area contributed by atoms with Gasteiger partial charge in [0.15, 0.2) is 0 Å². The number of alkyl halides is 3. The van der Waals surface area contributed by atoms with Gasteiger partial charge in [-0.3, -0.25) is 4.99 Å². The molecule has 0 saturated carbocycles. The molecular weight excluding hydrogens is 333 g/mol. The minimum absolute atomic E-state index is 0.238. The van der Waals surface area contributed by atoms with Crippen molar-refractivity contribution in [2.24, 2.45) is 10.7 Å². The number of rotatable bonds is 2. The Kier molecular flexibility index (Phi) is 4.03. The molecule has 1 aromatic heterocycles. The topological polar surface area (TPSA) is 73.4 Å². The average molecular weight is 350 g/mol. The molecule has 0 unspecified atom stereocenters. The smallest absolute Gasteiger partial charge is 0.385 e. The quantitative estimate of drug-likeness (QED) is 0.903. The third-order valence-corrected chi connectivity index (χ3v) is 4.42. The fraction of sp³-hybridized carbons (Fsp3) is 0.353. The Morgan fingerprint density at radius 3 is 2.40 bits per heavy atom. The maximum absolute atomic E-state index is 13.2. The summed E-state index contributed by atoms with van der Waals surface area (Å²) in [5.74, 6) is -0.581. The van der Waals surface area contributed by atoms with Gasteiger partial charge in [-0.25, -0.2) is 9.97 Å². The second-order valence-electron chi connectivity index (χ2n) is 6.30. The molecule has 0 bridgehead atoms. The highest BCUT2D eigenvalue weighted by atomic mass is 19.4. The highest BCUT2D eigenvalue weighted by molar-refractivity contribution is 5.90. The Morgan fingerprint density at radius 1 is 1.12 bits per heavy atom. The molecule has 2 atom stereocenters. The number of hydrogen-bond donors (Lipinski definition) is 1. The van der Waals surface area contributed by atoms with E-state index in [0.717, 1.165) is 18.1 Å². The van der Waals surface area contributed by atoms with Crippen LogP contribution in [0.25, 0.3) is 11.1 Å². The van der Waals surface area contributed by atoms with Crippen molar-refractivity contribution >= 4 is 5.84 Å². The Labute approximate surface area is 142 Å². The van der Waals surface area contributed by atoms with E-state index in [0.29, 0.717) is 5.56 Å². The molecule has 0 saturated heterocycles. The van der Waals surface area contributed by atoms with Crippen molar-refractivity contribution in [3.05, 3.63) is 48.5 Å². The number of amidine groups is 1. The number of aromatic nitrogens is 2. The van der Waals surface area contributed by atoms with E-state index in [1.54, 1.807) is 31.5 Å². The first-order valence-corrected chi connectivity index (χ1v) is 7.58. The average Bonchev–Trinajstić information content (AvgIpc) is 2.58. The largest absolute Gasteiger partial charge is 0.424 e. The summed E-state index contributed by atoms with van der Waals surface area (Å²) in [6.45, 7) is 2.35. The van der Waals surface area contributed by atoms with Crippen LogP contribution >= 0.6 is 0 Å². The summed E-state index contributed by atoms with van der Waals surface area (Å²) in [6, 6.07) is 7.27. The molecule has 0 aliphatic carbocycles. The number of benzene rings is 1. The first-order chi connectivity index (χ1) is 11.7. The fourth-order valence-corrected chi connectivity index (χ4v) is 2.62. The minimum Gasteiger partial charge on any atom is -0.385 e. The molecule has 1 aliphatic heterocycles. The van der Waals surface area contributed by atoms with Crippen LogP contribution in [0.1, 0.15) is 19.4 Å². The maximum Gasteiger partial charge on any atom is 0.424 e. The van der Waals surface area contributed by atoms with Gasteiger partial charge in [0.25, 0.3) is 0 Å². The van der Waals surface area contributed by atoms with Gasteiger partial charge in [0.1, 0.15) is 17.7 Å². The molecule has 0 spiro atoms. The Morgan fingerprint density at radius 2 is 1.80 bits per heavy atom. The Bertz CT molecular complexity index is 809. The van der Waals surface area contributed by atoms with Crippen molar-refractivity contribution in [2.75, 3.05) is 6.61 Å². The van der Waals surface area contributed by atoms with E-state index in [1.807, 2.05) is 12.1 Å². The molecule has 1 aromatic carbocycles. The number of nitrogens with zero attached hydrogens (tertiary/aromatic N) is 3. The Balaban J connectivity index is 2.00. The summed E-state index contributed by atoms with van der Waals surface area (Å²) >= 11 is 0. The van der Waals surface area contributed by atoms with E-state index < -0.39 is 23.2 Å². The molecule has 3 rings (SSSR count). The first-order valence-electron chi connectivity index (χ1n) is 7.58. The second kappa shape index (κ2) is 5.80. The van der Waals surface area contributed by atoms with Gasteiger partial charge in [-0.1, -0.05) is 18.2 Å². The van der Waals surface area contributed by atoms with Crippen molar-refractivity contribution < 1.29 is 17.9 Å². The van der Waals surface area contributed by atoms with Gasteiger partial charge >= 0.3 is 6.18 Å². The summed E-state index contributed by atoms with van der Waals surface area (Å²) in [5.41, 5.74) is 4.38. The van der Waals surface area contributed by atoms with Gasteiger partial charge in [-0.15, -0.1) is 0 Å². The lowest BCUT2D eigenvalue weighted by molar-refractivity contribution is -0.249. The molecule has 0 amide bonds. The third-order valence-electron chi connectivity index (χ3n) is 4.42. The van der Waals surface area contributed by atoms with Crippen molar-refractivity contribution in [1.29, 1.82) is 0 Å². The van der Waals surface area contributed by atoms with Crippen LogP contribution in [0.3, 0.4) is 0 Å². The highest BCUT2D eigenvalue weighted by Crippen LogP contribution is 2.41. The van der Waals surface area contributed by atoms with Crippen LogP contribution in [0.5, 0.6) is 0 Å².